The van der Waals surface area contributed by atoms with E-state index >= 15 is 0 Å². The minimum absolute atomic E-state index is 0.168. The quantitative estimate of drug-likeness (QED) is 0.617. The van der Waals surface area contributed by atoms with Gasteiger partial charge in [0.05, 0.1) is 6.61 Å². The molecule has 0 amide bonds. The zero-order chi connectivity index (χ0) is 17.8. The van der Waals surface area contributed by atoms with E-state index in [1.807, 2.05) is 36.4 Å². The standard InChI is InChI=1S/C22H23ClO3/c23-20-11-9-19(10-12-20)18-7-4-17(5-8-18)6-13-21-16-24-22(26-25-21)14-2-1-3-15-22/h4-13,21H,1-3,14-16H2. The van der Waals surface area contributed by atoms with E-state index in [4.69, 9.17) is 26.1 Å². The Morgan fingerprint density at radius 1 is 0.885 bits per heavy atom. The average molecular weight is 371 g/mol. The second kappa shape index (κ2) is 7.93. The summed E-state index contributed by atoms with van der Waals surface area (Å²) in [6.45, 7) is 0.541. The fraction of sp³-hybridized carbons (Fsp3) is 0.364. The highest BCUT2D eigenvalue weighted by atomic mass is 35.5. The fourth-order valence-corrected chi connectivity index (χ4v) is 3.61. The molecule has 2 aromatic carbocycles. The van der Waals surface area contributed by atoms with Crippen LogP contribution in [0.25, 0.3) is 17.2 Å². The highest BCUT2D eigenvalue weighted by Crippen LogP contribution is 2.36. The van der Waals surface area contributed by atoms with Gasteiger partial charge in [-0.25, -0.2) is 9.78 Å². The topological polar surface area (TPSA) is 27.7 Å². The molecule has 1 unspecified atom stereocenters. The van der Waals surface area contributed by atoms with Gasteiger partial charge in [-0.2, -0.15) is 0 Å². The summed E-state index contributed by atoms with van der Waals surface area (Å²) in [6.07, 6.45) is 9.26. The maximum atomic E-state index is 5.98. The van der Waals surface area contributed by atoms with Crippen molar-refractivity contribution in [2.75, 3.05) is 6.61 Å². The van der Waals surface area contributed by atoms with E-state index in [9.17, 15) is 0 Å². The molecule has 2 fully saturated rings. The predicted octanol–water partition coefficient (Wildman–Crippen LogP) is 6.03. The second-order valence-corrected chi connectivity index (χ2v) is 7.42. The molecule has 1 atom stereocenters. The Kier molecular flexibility index (Phi) is 5.41. The summed E-state index contributed by atoms with van der Waals surface area (Å²) >= 11 is 5.95. The van der Waals surface area contributed by atoms with Crippen LogP contribution in [0.2, 0.25) is 5.02 Å². The summed E-state index contributed by atoms with van der Waals surface area (Å²) < 4.78 is 5.98. The highest BCUT2D eigenvalue weighted by molar-refractivity contribution is 6.30. The maximum absolute atomic E-state index is 5.98. The van der Waals surface area contributed by atoms with Crippen LogP contribution in [0.1, 0.15) is 37.7 Å². The van der Waals surface area contributed by atoms with E-state index in [-0.39, 0.29) is 6.10 Å². The molecule has 1 aliphatic carbocycles. The Morgan fingerprint density at radius 3 is 2.15 bits per heavy atom. The van der Waals surface area contributed by atoms with Gasteiger partial charge in [-0.15, -0.1) is 0 Å². The van der Waals surface area contributed by atoms with Crippen LogP contribution < -0.4 is 0 Å². The van der Waals surface area contributed by atoms with Gasteiger partial charge in [-0.1, -0.05) is 60.5 Å². The van der Waals surface area contributed by atoms with Crippen molar-refractivity contribution >= 4 is 17.7 Å². The molecule has 1 saturated heterocycles. The lowest BCUT2D eigenvalue weighted by atomic mass is 9.94. The molecule has 136 valence electrons. The summed E-state index contributed by atoms with van der Waals surface area (Å²) in [4.78, 5) is 11.2. The van der Waals surface area contributed by atoms with Gasteiger partial charge >= 0.3 is 0 Å². The number of halogens is 1. The van der Waals surface area contributed by atoms with Gasteiger partial charge < -0.3 is 4.74 Å². The van der Waals surface area contributed by atoms with E-state index in [2.05, 4.69) is 24.3 Å². The second-order valence-electron chi connectivity index (χ2n) is 6.99. The van der Waals surface area contributed by atoms with Gasteiger partial charge in [0, 0.05) is 17.9 Å². The maximum Gasteiger partial charge on any atom is 0.201 e. The van der Waals surface area contributed by atoms with Crippen molar-refractivity contribution in [3.8, 4) is 11.1 Å². The first-order chi connectivity index (χ1) is 12.7. The van der Waals surface area contributed by atoms with Crippen molar-refractivity contribution in [3.05, 3.63) is 65.2 Å². The van der Waals surface area contributed by atoms with Crippen molar-refractivity contribution < 1.29 is 14.5 Å². The first-order valence-electron chi connectivity index (χ1n) is 9.25. The molecule has 0 aromatic heterocycles. The van der Waals surface area contributed by atoms with Gasteiger partial charge in [0.25, 0.3) is 0 Å². The van der Waals surface area contributed by atoms with Gasteiger partial charge in [0.2, 0.25) is 5.79 Å². The molecule has 1 spiro atoms. The minimum atomic E-state index is -0.497. The lowest BCUT2D eigenvalue weighted by molar-refractivity contribution is -0.484. The molecule has 0 radical (unpaired) electrons. The van der Waals surface area contributed by atoms with Crippen LogP contribution in [0.3, 0.4) is 0 Å². The summed E-state index contributed by atoms with van der Waals surface area (Å²) in [7, 11) is 0. The summed E-state index contributed by atoms with van der Waals surface area (Å²) in [6, 6.07) is 16.3. The molecule has 26 heavy (non-hydrogen) atoms. The van der Waals surface area contributed by atoms with Crippen LogP contribution in [0.5, 0.6) is 0 Å². The van der Waals surface area contributed by atoms with E-state index in [0.717, 1.165) is 41.8 Å². The van der Waals surface area contributed by atoms with Crippen molar-refractivity contribution in [1.82, 2.24) is 0 Å². The fourth-order valence-electron chi connectivity index (χ4n) is 3.49. The third kappa shape index (κ3) is 4.18. The molecule has 3 nitrogen and oxygen atoms in total. The third-order valence-corrected chi connectivity index (χ3v) is 5.29. The molecule has 0 N–H and O–H groups in total. The normalized spacial score (nSPS) is 22.7. The molecule has 4 rings (SSSR count). The molecule has 0 bridgehead atoms. The Bertz CT molecular complexity index is 736. The zero-order valence-electron chi connectivity index (χ0n) is 14.7. The first-order valence-corrected chi connectivity index (χ1v) is 9.63. The van der Waals surface area contributed by atoms with Crippen molar-refractivity contribution in [2.45, 2.75) is 44.0 Å². The highest BCUT2D eigenvalue weighted by Gasteiger charge is 2.39. The van der Waals surface area contributed by atoms with Crippen LogP contribution in [-0.2, 0) is 14.5 Å². The summed E-state index contributed by atoms with van der Waals surface area (Å²) in [5.41, 5.74) is 3.43. The molecule has 4 heteroatoms. The summed E-state index contributed by atoms with van der Waals surface area (Å²) in [5.74, 6) is -0.497. The monoisotopic (exact) mass is 370 g/mol. The van der Waals surface area contributed by atoms with Crippen molar-refractivity contribution in [3.63, 3.8) is 0 Å². The molecule has 1 aliphatic heterocycles. The minimum Gasteiger partial charge on any atom is -0.344 e. The van der Waals surface area contributed by atoms with Crippen molar-refractivity contribution in [1.29, 1.82) is 0 Å². The molecular weight excluding hydrogens is 348 g/mol. The zero-order valence-corrected chi connectivity index (χ0v) is 15.5. The largest absolute Gasteiger partial charge is 0.344 e. The van der Waals surface area contributed by atoms with E-state index in [1.54, 1.807) is 0 Å². The van der Waals surface area contributed by atoms with Crippen LogP contribution in [0, 0.1) is 0 Å². The number of hydrogen-bond donors (Lipinski definition) is 0. The number of benzene rings is 2. The molecule has 1 heterocycles. The van der Waals surface area contributed by atoms with E-state index in [1.165, 1.54) is 12.0 Å². The van der Waals surface area contributed by atoms with E-state index < -0.39 is 5.79 Å². The summed E-state index contributed by atoms with van der Waals surface area (Å²) in [5, 5.41) is 0.750. The average Bonchev–Trinajstić information content (AvgIpc) is 2.69. The number of rotatable bonds is 3. The Morgan fingerprint density at radius 2 is 1.54 bits per heavy atom. The Labute approximate surface area is 159 Å². The van der Waals surface area contributed by atoms with E-state index in [0.29, 0.717) is 6.61 Å². The Balaban J connectivity index is 1.35. The van der Waals surface area contributed by atoms with Crippen LogP contribution in [0.4, 0.5) is 0 Å². The number of hydrogen-bond acceptors (Lipinski definition) is 3. The van der Waals surface area contributed by atoms with Crippen LogP contribution >= 0.6 is 11.6 Å². The SMILES string of the molecule is Clc1ccc(-c2ccc(C=CC3COC4(CCCCC4)OO3)cc2)cc1. The lowest BCUT2D eigenvalue weighted by Crippen LogP contribution is -2.45. The number of ether oxygens (including phenoxy) is 1. The molecule has 1 saturated carbocycles. The van der Waals surface area contributed by atoms with Gasteiger partial charge in [0.15, 0.2) is 0 Å². The Hall–Kier alpha value is -1.65. The lowest BCUT2D eigenvalue weighted by Gasteiger charge is -2.40. The molecule has 2 aliphatic rings. The smallest absolute Gasteiger partial charge is 0.201 e. The first kappa shape index (κ1) is 17.7. The van der Waals surface area contributed by atoms with Crippen LogP contribution in [-0.4, -0.2) is 18.5 Å². The van der Waals surface area contributed by atoms with Gasteiger partial charge in [0.1, 0.15) is 6.10 Å². The predicted molar refractivity (Wildman–Crippen MR) is 104 cm³/mol. The van der Waals surface area contributed by atoms with Crippen LogP contribution in [0.15, 0.2) is 54.6 Å². The van der Waals surface area contributed by atoms with Gasteiger partial charge in [-0.05, 0) is 47.7 Å². The third-order valence-electron chi connectivity index (χ3n) is 5.04. The van der Waals surface area contributed by atoms with Crippen molar-refractivity contribution in [2.24, 2.45) is 0 Å². The molecular formula is C22H23ClO3. The van der Waals surface area contributed by atoms with Gasteiger partial charge in [-0.3, -0.25) is 0 Å². The molecule has 2 aromatic rings.